The molecule has 354 valence electrons. The van der Waals surface area contributed by atoms with Gasteiger partial charge in [0, 0.05) is 68.3 Å². The number of rotatable bonds is 10. The van der Waals surface area contributed by atoms with Crippen LogP contribution in [-0.2, 0) is 55.1 Å². The lowest BCUT2D eigenvalue weighted by atomic mass is 9.84. The van der Waals surface area contributed by atoms with E-state index in [9.17, 15) is 19.6 Å². The first kappa shape index (κ1) is 48.0. The molecule has 3 aliphatic heterocycles. The molecule has 0 aliphatic carbocycles. The number of amides is 3. The Morgan fingerprint density at radius 1 is 1.15 bits per heavy atom. The number of hydrogen-bond donors (Lipinski definition) is 3. The largest absolute Gasteiger partial charge is 0.599 e. The zero-order valence-electron chi connectivity index (χ0n) is 39.9. The van der Waals surface area contributed by atoms with Crippen LogP contribution in [0.1, 0.15) is 98.3 Å². The lowest BCUT2D eigenvalue weighted by Gasteiger charge is -2.40. The summed E-state index contributed by atoms with van der Waals surface area (Å²) < 4.78 is 21.5. The van der Waals surface area contributed by atoms with Gasteiger partial charge < -0.3 is 34.2 Å². The van der Waals surface area contributed by atoms with Crippen molar-refractivity contribution in [1.82, 2.24) is 45.0 Å². The molecule has 3 aliphatic rings. The second-order valence-corrected chi connectivity index (χ2v) is 19.8. The minimum atomic E-state index is -1.08. The quantitative estimate of drug-likeness (QED) is 0.189. The first-order valence-corrected chi connectivity index (χ1v) is 22.9. The molecule has 1 aromatic carbocycles. The van der Waals surface area contributed by atoms with Crippen molar-refractivity contribution < 1.29 is 38.7 Å². The average Bonchev–Trinajstić information content (AvgIpc) is 3.76. The van der Waals surface area contributed by atoms with E-state index in [1.54, 1.807) is 22.9 Å². The van der Waals surface area contributed by atoms with Crippen molar-refractivity contribution in [2.45, 2.75) is 125 Å². The maximum absolute atomic E-state index is 14.6. The van der Waals surface area contributed by atoms with Gasteiger partial charge in [-0.25, -0.2) is 24.5 Å². The second-order valence-electron chi connectivity index (χ2n) is 19.8. The molecule has 4 aromatic rings. The predicted octanol–water partition coefficient (Wildman–Crippen LogP) is 4.51. The lowest BCUT2D eigenvalue weighted by Crippen LogP contribution is -3.13. The Morgan fingerprint density at radius 2 is 1.91 bits per heavy atom. The lowest BCUT2D eigenvalue weighted by molar-refractivity contribution is -1.08. The fourth-order valence-corrected chi connectivity index (χ4v) is 8.90. The van der Waals surface area contributed by atoms with Crippen molar-refractivity contribution in [3.63, 3.8) is 0 Å². The summed E-state index contributed by atoms with van der Waals surface area (Å²) >= 11 is 0. The molecule has 3 aromatic heterocycles. The fraction of sp³-hybridized carbons (Fsp3) is 0.617. The third-order valence-electron chi connectivity index (χ3n) is 12.5. The Hall–Kier alpha value is -4.98. The van der Waals surface area contributed by atoms with Crippen LogP contribution in [0.5, 0.6) is 0 Å². The van der Waals surface area contributed by atoms with E-state index in [0.29, 0.717) is 57.1 Å². The highest BCUT2D eigenvalue weighted by Gasteiger charge is 2.39. The minimum Gasteiger partial charge on any atom is -0.599 e. The third-order valence-corrected chi connectivity index (χ3v) is 12.5. The van der Waals surface area contributed by atoms with Gasteiger partial charge >= 0.3 is 6.09 Å². The van der Waals surface area contributed by atoms with Crippen molar-refractivity contribution in [1.29, 1.82) is 0 Å². The topological polar surface area (TPSA) is 195 Å². The van der Waals surface area contributed by atoms with Gasteiger partial charge in [0.15, 0.2) is 17.8 Å². The van der Waals surface area contributed by atoms with Gasteiger partial charge in [-0.1, -0.05) is 27.7 Å². The second kappa shape index (κ2) is 19.5. The zero-order chi connectivity index (χ0) is 47.0. The highest BCUT2D eigenvalue weighted by molar-refractivity contribution is 5.95. The van der Waals surface area contributed by atoms with Crippen LogP contribution in [0.25, 0.3) is 33.5 Å². The molecule has 6 bridgehead atoms. The van der Waals surface area contributed by atoms with Crippen LogP contribution in [0.2, 0.25) is 0 Å². The van der Waals surface area contributed by atoms with Gasteiger partial charge in [-0.15, -0.1) is 0 Å². The molecule has 18 heteroatoms. The molecule has 0 radical (unpaired) electrons. The molecule has 6 heterocycles. The van der Waals surface area contributed by atoms with E-state index in [4.69, 9.17) is 34.1 Å². The number of ether oxygens (including phenoxy) is 3. The molecule has 18 nitrogen and oxygen atoms in total. The van der Waals surface area contributed by atoms with Crippen LogP contribution in [0.15, 0.2) is 36.5 Å². The van der Waals surface area contributed by atoms with Crippen LogP contribution < -0.4 is 16.0 Å². The van der Waals surface area contributed by atoms with Gasteiger partial charge in [-0.2, -0.15) is 10.5 Å². The number of fused-ring (bicyclic) bond motifs is 6. The van der Waals surface area contributed by atoms with Crippen LogP contribution >= 0.6 is 0 Å². The summed E-state index contributed by atoms with van der Waals surface area (Å²) in [7, 11) is 3.51. The number of hydrogen-bond acceptors (Lipinski definition) is 12. The standard InChI is InChI=1S/C47H68N10O8/c1-12-55-37-18-17-30-21-33(37)34(41(55)32-15-13-19-48-40(32)29(4)62-11)23-47(8,9)27-64-57(61)39-16-14-20-56(52-39)44(59)36(22-38-50-42(30)53(10)51-38)49-43(58)35(28(2)3)26-63-31-24-54(25-31)45(60)65-46(5,6)7/h13,15,17-19,21,28-29,31,35-36,39,52,57H,12,14,16,20,22-27H2,1-11H3,(H,49,58)/t29-,35-,36-,39+/m0/s1. The van der Waals surface area contributed by atoms with E-state index >= 15 is 0 Å². The molecule has 7 rings (SSSR count). The molecule has 0 spiro atoms. The highest BCUT2D eigenvalue weighted by atomic mass is 16.9. The molecule has 2 saturated heterocycles. The summed E-state index contributed by atoms with van der Waals surface area (Å²) in [5.41, 5.74) is 7.79. The molecule has 0 saturated carbocycles. The average molecular weight is 901 g/mol. The Labute approximate surface area is 381 Å². The normalized spacial score (nSPS) is 21.8. The van der Waals surface area contributed by atoms with Crippen molar-refractivity contribution in [2.75, 3.05) is 40.0 Å². The monoisotopic (exact) mass is 901 g/mol. The number of nitrogens with one attached hydrogen (secondary N) is 3. The number of aryl methyl sites for hydroxylation is 2. The molecular weight excluding hydrogens is 833 g/mol. The van der Waals surface area contributed by atoms with E-state index in [1.165, 1.54) is 5.01 Å². The van der Waals surface area contributed by atoms with Crippen LogP contribution in [0, 0.1) is 22.5 Å². The number of nitrogens with zero attached hydrogens (tertiary/aromatic N) is 7. The van der Waals surface area contributed by atoms with Crippen LogP contribution in [0.4, 0.5) is 4.79 Å². The van der Waals surface area contributed by atoms with E-state index in [1.807, 2.05) is 60.7 Å². The minimum absolute atomic E-state index is 0.00956. The van der Waals surface area contributed by atoms with Crippen molar-refractivity contribution in [3.05, 3.63) is 58.8 Å². The zero-order valence-corrected chi connectivity index (χ0v) is 39.9. The summed E-state index contributed by atoms with van der Waals surface area (Å²) in [6.07, 6.45) is 1.68. The number of carbonyl (C=O) groups is 3. The van der Waals surface area contributed by atoms with E-state index in [2.05, 4.69) is 54.3 Å². The fourth-order valence-electron chi connectivity index (χ4n) is 8.90. The number of methoxy groups -OCH3 is 1. The molecule has 65 heavy (non-hydrogen) atoms. The Kier molecular flexibility index (Phi) is 14.4. The maximum atomic E-state index is 14.6. The van der Waals surface area contributed by atoms with Crippen LogP contribution in [0.3, 0.4) is 0 Å². The number of hydroxylamine groups is 2. The maximum Gasteiger partial charge on any atom is 0.410 e. The van der Waals surface area contributed by atoms with E-state index < -0.39 is 46.4 Å². The highest BCUT2D eigenvalue weighted by Crippen LogP contribution is 2.41. The van der Waals surface area contributed by atoms with Gasteiger partial charge in [-0.3, -0.25) is 19.6 Å². The van der Waals surface area contributed by atoms with Crippen LogP contribution in [-0.4, -0.2) is 116 Å². The van der Waals surface area contributed by atoms with Crippen molar-refractivity contribution in [3.8, 4) is 22.6 Å². The SMILES string of the molecule is CCn1c(-c2cccnc2[C@H](C)OC)c2c3cc(ccc31)-c1nc(nn1C)C[C@H](NC(=O)[C@@H](COC1CN(C(=O)OC(C)(C)C)C1)C(C)C)C(=O)N1CCC[C@H](N1)[NH+]([O-])OCC(C)(C)C2. The number of aromatic nitrogens is 5. The first-order valence-electron chi connectivity index (χ1n) is 22.9. The smallest absolute Gasteiger partial charge is 0.410 e. The van der Waals surface area contributed by atoms with E-state index in [-0.39, 0.29) is 43.7 Å². The molecule has 3 N–H and O–H groups in total. The molecule has 3 amide bonds. The molecule has 5 atom stereocenters. The van der Waals surface area contributed by atoms with Crippen molar-refractivity contribution >= 4 is 28.8 Å². The first-order chi connectivity index (χ1) is 30.8. The van der Waals surface area contributed by atoms with Gasteiger partial charge in [0.1, 0.15) is 18.2 Å². The van der Waals surface area contributed by atoms with Gasteiger partial charge in [0.05, 0.1) is 49.2 Å². The number of quaternary nitrogens is 1. The summed E-state index contributed by atoms with van der Waals surface area (Å²) in [6, 6.07) is 9.24. The van der Waals surface area contributed by atoms with Gasteiger partial charge in [0.2, 0.25) is 5.91 Å². The number of likely N-dealkylation sites (tertiary alicyclic amines) is 1. The number of benzene rings is 1. The van der Waals surface area contributed by atoms with Crippen molar-refractivity contribution in [2.24, 2.45) is 24.3 Å². The number of carbonyl (C=O) groups excluding carboxylic acids is 3. The summed E-state index contributed by atoms with van der Waals surface area (Å²) in [5, 5.41) is 23.7. The summed E-state index contributed by atoms with van der Waals surface area (Å²) in [5.74, 6) is -0.559. The molecule has 2 fully saturated rings. The Morgan fingerprint density at radius 3 is 2.60 bits per heavy atom. The number of pyridine rings is 1. The summed E-state index contributed by atoms with van der Waals surface area (Å²) in [6.45, 7) is 19.6. The Bertz CT molecular complexity index is 2350. The summed E-state index contributed by atoms with van der Waals surface area (Å²) in [4.78, 5) is 58.8. The van der Waals surface area contributed by atoms with E-state index in [0.717, 1.165) is 39.0 Å². The Balaban J connectivity index is 1.23. The number of hydrazine groups is 1. The molecular formula is C47H68N10O8. The van der Waals surface area contributed by atoms with Gasteiger partial charge in [-0.05, 0) is 94.7 Å². The molecule has 1 unspecified atom stereocenters. The third kappa shape index (κ3) is 10.7. The van der Waals surface area contributed by atoms with Gasteiger partial charge in [0.25, 0.3) is 5.91 Å². The predicted molar refractivity (Wildman–Crippen MR) is 243 cm³/mol.